The van der Waals surface area contributed by atoms with Gasteiger partial charge in [0.2, 0.25) is 5.60 Å². The molecule has 4 rings (SSSR count). The molecular formula is C18H17F3N4O3. The second-order valence-corrected chi connectivity index (χ2v) is 7.16. The Morgan fingerprint density at radius 1 is 1.39 bits per heavy atom. The van der Waals surface area contributed by atoms with Crippen molar-refractivity contribution < 1.29 is 27.6 Å². The molecule has 2 aromatic heterocycles. The van der Waals surface area contributed by atoms with Crippen molar-refractivity contribution in [2.45, 2.75) is 38.1 Å². The highest BCUT2D eigenvalue weighted by Gasteiger charge is 2.55. The van der Waals surface area contributed by atoms with E-state index in [2.05, 4.69) is 15.4 Å². The quantitative estimate of drug-likeness (QED) is 0.697. The summed E-state index contributed by atoms with van der Waals surface area (Å²) in [6, 6.07) is 5.18. The molecule has 2 N–H and O–H groups in total. The summed E-state index contributed by atoms with van der Waals surface area (Å²) < 4.78 is 44.8. The van der Waals surface area contributed by atoms with Gasteiger partial charge in [0.15, 0.2) is 5.76 Å². The van der Waals surface area contributed by atoms with Gasteiger partial charge in [0.25, 0.3) is 5.91 Å². The van der Waals surface area contributed by atoms with E-state index in [0.717, 1.165) is 0 Å². The van der Waals surface area contributed by atoms with Gasteiger partial charge in [-0.05, 0) is 19.1 Å². The third-order valence-corrected chi connectivity index (χ3v) is 5.14. The van der Waals surface area contributed by atoms with Crippen LogP contribution in [0.3, 0.4) is 0 Å². The first-order valence-corrected chi connectivity index (χ1v) is 8.60. The number of nitrogens with zero attached hydrogens (tertiary/aromatic N) is 3. The number of aromatic amines is 1. The Kier molecular flexibility index (Phi) is 4.00. The highest BCUT2D eigenvalue weighted by atomic mass is 19.4. The number of nitrogens with one attached hydrogen (secondary N) is 1. The maximum atomic E-state index is 13.2. The van der Waals surface area contributed by atoms with Gasteiger partial charge in [0, 0.05) is 23.4 Å². The van der Waals surface area contributed by atoms with E-state index in [9.17, 15) is 23.1 Å². The molecular weight excluding hydrogens is 377 g/mol. The predicted molar refractivity (Wildman–Crippen MR) is 91.4 cm³/mol. The highest BCUT2D eigenvalue weighted by molar-refractivity contribution is 6.06. The minimum Gasteiger partial charge on any atom is -0.375 e. The lowest BCUT2D eigenvalue weighted by molar-refractivity contribution is -0.261. The summed E-state index contributed by atoms with van der Waals surface area (Å²) in [5.74, 6) is -0.637. The van der Waals surface area contributed by atoms with E-state index in [0.29, 0.717) is 23.4 Å². The monoisotopic (exact) mass is 394 g/mol. The molecule has 0 aliphatic carbocycles. The first-order valence-electron chi connectivity index (χ1n) is 8.60. The molecule has 28 heavy (non-hydrogen) atoms. The van der Waals surface area contributed by atoms with E-state index in [1.165, 1.54) is 4.90 Å². The van der Waals surface area contributed by atoms with Crippen molar-refractivity contribution in [3.63, 3.8) is 0 Å². The van der Waals surface area contributed by atoms with E-state index >= 15 is 0 Å². The van der Waals surface area contributed by atoms with E-state index in [1.54, 1.807) is 31.3 Å². The molecule has 1 aliphatic rings. The molecule has 0 bridgehead atoms. The van der Waals surface area contributed by atoms with Gasteiger partial charge >= 0.3 is 6.18 Å². The maximum absolute atomic E-state index is 13.2. The lowest BCUT2D eigenvalue weighted by atomic mass is 9.87. The lowest BCUT2D eigenvalue weighted by Crippen LogP contribution is -2.42. The second-order valence-electron chi connectivity index (χ2n) is 7.16. The molecule has 3 aromatic rings. The minimum absolute atomic E-state index is 0.0340. The lowest BCUT2D eigenvalue weighted by Gasteiger charge is -2.32. The molecule has 0 spiro atoms. The number of carbonyl (C=O) groups is 1. The molecule has 0 saturated heterocycles. The van der Waals surface area contributed by atoms with Gasteiger partial charge in [0.05, 0.1) is 23.8 Å². The summed E-state index contributed by atoms with van der Waals surface area (Å²) in [6.07, 6.45) is -3.35. The first-order chi connectivity index (χ1) is 13.1. The van der Waals surface area contributed by atoms with Crippen LogP contribution in [0.2, 0.25) is 0 Å². The first kappa shape index (κ1) is 18.5. The number of halogens is 3. The number of aliphatic hydroxyl groups is 1. The molecule has 1 aliphatic heterocycles. The molecule has 0 fully saturated rings. The van der Waals surface area contributed by atoms with Crippen molar-refractivity contribution in [3.8, 4) is 0 Å². The van der Waals surface area contributed by atoms with Crippen molar-refractivity contribution >= 4 is 16.8 Å². The number of aromatic nitrogens is 3. The van der Waals surface area contributed by atoms with E-state index < -0.39 is 23.4 Å². The van der Waals surface area contributed by atoms with Gasteiger partial charge in [-0.25, -0.2) is 0 Å². The predicted octanol–water partition coefficient (Wildman–Crippen LogP) is 3.08. The fourth-order valence-corrected chi connectivity index (χ4v) is 3.58. The van der Waals surface area contributed by atoms with Crippen LogP contribution in [-0.4, -0.2) is 44.0 Å². The Labute approximate surface area is 157 Å². The van der Waals surface area contributed by atoms with Gasteiger partial charge in [-0.2, -0.15) is 18.3 Å². The molecule has 3 heterocycles. The number of carbonyl (C=O) groups excluding carboxylic acids is 1. The molecule has 0 saturated carbocycles. The van der Waals surface area contributed by atoms with E-state index in [4.69, 9.17) is 4.52 Å². The van der Waals surface area contributed by atoms with Crippen molar-refractivity contribution in [2.75, 3.05) is 6.54 Å². The summed E-state index contributed by atoms with van der Waals surface area (Å²) >= 11 is 0. The largest absolute Gasteiger partial charge is 0.422 e. The fourth-order valence-electron chi connectivity index (χ4n) is 3.58. The van der Waals surface area contributed by atoms with Crippen LogP contribution in [0.4, 0.5) is 13.2 Å². The molecule has 148 valence electrons. The number of hydrogen-bond acceptors (Lipinski definition) is 5. The number of benzene rings is 1. The summed E-state index contributed by atoms with van der Waals surface area (Å²) in [5, 5.41) is 20.9. The van der Waals surface area contributed by atoms with E-state index in [1.807, 2.05) is 0 Å². The molecule has 10 heteroatoms. The number of alkyl halides is 3. The zero-order chi connectivity index (χ0) is 20.3. The van der Waals surface area contributed by atoms with Crippen LogP contribution in [0.25, 0.3) is 10.9 Å². The molecule has 7 nitrogen and oxygen atoms in total. The summed E-state index contributed by atoms with van der Waals surface area (Å²) in [7, 11) is 0. The van der Waals surface area contributed by atoms with Gasteiger partial charge in [-0.15, -0.1) is 0 Å². The Morgan fingerprint density at radius 2 is 2.14 bits per heavy atom. The Balaban J connectivity index is 1.68. The fraction of sp³-hybridized carbons (Fsp3) is 0.389. The van der Waals surface area contributed by atoms with Crippen LogP contribution < -0.4 is 0 Å². The summed E-state index contributed by atoms with van der Waals surface area (Å²) in [6.45, 7) is 2.45. The summed E-state index contributed by atoms with van der Waals surface area (Å²) in [4.78, 5) is 14.5. The van der Waals surface area contributed by atoms with Crippen molar-refractivity contribution in [2.24, 2.45) is 0 Å². The van der Waals surface area contributed by atoms with Gasteiger partial charge in [-0.1, -0.05) is 18.1 Å². The van der Waals surface area contributed by atoms with Crippen molar-refractivity contribution in [1.82, 2.24) is 20.3 Å². The topological polar surface area (TPSA) is 95.3 Å². The maximum Gasteiger partial charge on any atom is 0.422 e. The zero-order valence-corrected chi connectivity index (χ0v) is 15.0. The standard InChI is InChI=1S/C18H17F3N4O3/c1-9-7-25(16(26)10-4-3-5-12-11(10)6-22-23-12)8-13-14(9)15(24-28-13)17(2,27)18(19,20)21/h3-6,9,27H,7-8H2,1-2H3,(H,22,23)/t9-,17?/m0/s1. The number of H-pyrrole nitrogens is 1. The number of rotatable bonds is 2. The molecule has 1 unspecified atom stereocenters. The summed E-state index contributed by atoms with van der Waals surface area (Å²) in [5.41, 5.74) is -2.34. The van der Waals surface area contributed by atoms with Crippen LogP contribution in [0.1, 0.15) is 47.1 Å². The highest BCUT2D eigenvalue weighted by Crippen LogP contribution is 2.43. The van der Waals surface area contributed by atoms with Crippen LogP contribution >= 0.6 is 0 Å². The minimum atomic E-state index is -4.90. The van der Waals surface area contributed by atoms with Crippen LogP contribution in [0.15, 0.2) is 28.9 Å². The van der Waals surface area contributed by atoms with Crippen LogP contribution in [0.5, 0.6) is 0 Å². The molecule has 0 radical (unpaired) electrons. The van der Waals surface area contributed by atoms with Crippen molar-refractivity contribution in [1.29, 1.82) is 0 Å². The average Bonchev–Trinajstić information content (AvgIpc) is 3.26. The van der Waals surface area contributed by atoms with E-state index in [-0.39, 0.29) is 30.3 Å². The number of hydrogen-bond donors (Lipinski definition) is 2. The van der Waals surface area contributed by atoms with Gasteiger partial charge in [-0.3, -0.25) is 9.89 Å². The third-order valence-electron chi connectivity index (χ3n) is 5.14. The zero-order valence-electron chi connectivity index (χ0n) is 15.0. The SMILES string of the molecule is C[C@H]1CN(C(=O)c2cccc3[nH]ncc23)Cc2onc(C(C)(O)C(F)(F)F)c21. The van der Waals surface area contributed by atoms with Gasteiger partial charge in [0.1, 0.15) is 5.69 Å². The van der Waals surface area contributed by atoms with Crippen LogP contribution in [-0.2, 0) is 12.1 Å². The molecule has 2 atom stereocenters. The average molecular weight is 394 g/mol. The molecule has 1 amide bonds. The Morgan fingerprint density at radius 3 is 2.86 bits per heavy atom. The number of fused-ring (bicyclic) bond motifs is 2. The molecule has 1 aromatic carbocycles. The second kappa shape index (κ2) is 6.06. The normalized spacial score (nSPS) is 19.5. The Bertz CT molecular complexity index is 1050. The smallest absolute Gasteiger partial charge is 0.375 e. The third kappa shape index (κ3) is 2.67. The Hall–Kier alpha value is -2.88. The van der Waals surface area contributed by atoms with Gasteiger partial charge < -0.3 is 14.5 Å². The van der Waals surface area contributed by atoms with Crippen LogP contribution in [0, 0.1) is 0 Å². The number of amides is 1. The van der Waals surface area contributed by atoms with Crippen molar-refractivity contribution in [3.05, 3.63) is 47.0 Å².